The molecule has 0 saturated heterocycles. The number of anilines is 1. The molecular weight excluding hydrogens is 418 g/mol. The van der Waals surface area contributed by atoms with Crippen molar-refractivity contribution in [1.82, 2.24) is 19.6 Å². The van der Waals surface area contributed by atoms with Crippen LogP contribution in [0.1, 0.15) is 59.9 Å². The Hall–Kier alpha value is -3.14. The number of hydrogen-bond donors (Lipinski definition) is 2. The molecule has 2 amide bonds. The van der Waals surface area contributed by atoms with Crippen molar-refractivity contribution in [2.45, 2.75) is 38.0 Å². The van der Waals surface area contributed by atoms with Crippen molar-refractivity contribution in [2.24, 2.45) is 5.73 Å². The van der Waals surface area contributed by atoms with Crippen LogP contribution < -0.4 is 11.1 Å². The Morgan fingerprint density at radius 2 is 2.03 bits per heavy atom. The van der Waals surface area contributed by atoms with Gasteiger partial charge in [0.25, 0.3) is 12.3 Å². The molecule has 0 aliphatic heterocycles. The van der Waals surface area contributed by atoms with Gasteiger partial charge in [-0.25, -0.2) is 23.3 Å². The number of carbonyl (C=O) groups is 2. The molecule has 0 saturated carbocycles. The lowest BCUT2D eigenvalue weighted by Gasteiger charge is -2.19. The first-order chi connectivity index (χ1) is 14.1. The summed E-state index contributed by atoms with van der Waals surface area (Å²) in [5.41, 5.74) is 5.62. The van der Waals surface area contributed by atoms with Gasteiger partial charge in [-0.2, -0.15) is 5.10 Å². The van der Waals surface area contributed by atoms with Gasteiger partial charge >= 0.3 is 0 Å². The van der Waals surface area contributed by atoms with Gasteiger partial charge in [0.15, 0.2) is 10.8 Å². The van der Waals surface area contributed by atoms with Crippen LogP contribution in [0.15, 0.2) is 24.5 Å². The molecule has 0 bridgehead atoms. The first-order valence-electron chi connectivity index (χ1n) is 9.02. The van der Waals surface area contributed by atoms with E-state index in [-0.39, 0.29) is 5.69 Å². The third kappa shape index (κ3) is 3.26. The highest BCUT2D eigenvalue weighted by Crippen LogP contribution is 2.46. The van der Waals surface area contributed by atoms with Crippen LogP contribution in [-0.2, 0) is 10.2 Å². The number of aromatic nitrogens is 4. The molecule has 3 heterocycles. The van der Waals surface area contributed by atoms with Gasteiger partial charge < -0.3 is 11.1 Å². The van der Waals surface area contributed by atoms with Crippen LogP contribution in [0.25, 0.3) is 5.65 Å². The Kier molecular flexibility index (Phi) is 4.69. The van der Waals surface area contributed by atoms with Crippen LogP contribution >= 0.6 is 11.6 Å². The van der Waals surface area contributed by atoms with Gasteiger partial charge in [0.2, 0.25) is 5.91 Å². The van der Waals surface area contributed by atoms with E-state index in [1.807, 2.05) is 13.8 Å². The Labute approximate surface area is 174 Å². The van der Waals surface area contributed by atoms with E-state index in [0.29, 0.717) is 22.8 Å². The lowest BCUT2D eigenvalue weighted by Crippen LogP contribution is -2.22. The lowest BCUT2D eigenvalue weighted by atomic mass is 9.88. The molecule has 1 aliphatic rings. The lowest BCUT2D eigenvalue weighted by molar-refractivity contribution is -0.117. The third-order valence-electron chi connectivity index (χ3n) is 5.18. The van der Waals surface area contributed by atoms with Gasteiger partial charge in [-0.15, -0.1) is 0 Å². The summed E-state index contributed by atoms with van der Waals surface area (Å²) in [5.74, 6) is -2.06. The predicted molar refractivity (Wildman–Crippen MR) is 105 cm³/mol. The monoisotopic (exact) mass is 434 g/mol. The minimum atomic E-state index is -2.97. The molecule has 0 spiro atoms. The second kappa shape index (κ2) is 6.98. The standard InChI is InChI=1S/C19H17ClF2N6O2/c1-19(2)5-10(11-7-24-13-4-12(20)27-28(13)15(11)19)18(30)26-8-3-9(16(21)22)14(17(23)29)25-6-8/h3-4,6-7,10,16H,5H2,1-2H3,(H2,23,29)(H,26,30)/t10-/m0/s1. The van der Waals surface area contributed by atoms with Gasteiger partial charge in [-0.05, 0) is 12.5 Å². The van der Waals surface area contributed by atoms with Gasteiger partial charge in [0.1, 0.15) is 5.69 Å². The van der Waals surface area contributed by atoms with Crippen LogP contribution in [0.5, 0.6) is 0 Å². The van der Waals surface area contributed by atoms with Crippen LogP contribution in [0.3, 0.4) is 0 Å². The first kappa shape index (κ1) is 20.1. The number of nitrogens with two attached hydrogens (primary N) is 1. The molecule has 4 rings (SSSR count). The molecule has 0 radical (unpaired) electrons. The van der Waals surface area contributed by atoms with Crippen molar-refractivity contribution in [3.8, 4) is 0 Å². The van der Waals surface area contributed by atoms with E-state index >= 15 is 0 Å². The molecule has 1 atom stereocenters. The molecule has 0 unspecified atom stereocenters. The van der Waals surface area contributed by atoms with Crippen molar-refractivity contribution in [3.63, 3.8) is 0 Å². The number of primary amides is 1. The van der Waals surface area contributed by atoms with E-state index in [1.54, 1.807) is 16.8 Å². The Bertz CT molecular complexity index is 1190. The second-order valence-corrected chi connectivity index (χ2v) is 8.14. The summed E-state index contributed by atoms with van der Waals surface area (Å²) in [6.45, 7) is 3.96. The van der Waals surface area contributed by atoms with Crippen molar-refractivity contribution in [2.75, 3.05) is 5.32 Å². The van der Waals surface area contributed by atoms with Crippen LogP contribution in [0, 0.1) is 0 Å². The Balaban J connectivity index is 1.69. The van der Waals surface area contributed by atoms with Crippen LogP contribution in [0.2, 0.25) is 5.15 Å². The van der Waals surface area contributed by atoms with E-state index < -0.39 is 40.8 Å². The number of alkyl halides is 2. The first-order valence-corrected chi connectivity index (χ1v) is 9.39. The molecule has 3 aromatic heterocycles. The van der Waals surface area contributed by atoms with E-state index in [1.165, 1.54) is 0 Å². The molecule has 30 heavy (non-hydrogen) atoms. The van der Waals surface area contributed by atoms with E-state index in [0.717, 1.165) is 18.0 Å². The molecule has 0 fully saturated rings. The number of amides is 2. The summed E-state index contributed by atoms with van der Waals surface area (Å²) in [7, 11) is 0. The quantitative estimate of drug-likeness (QED) is 0.654. The van der Waals surface area contributed by atoms with Crippen LogP contribution in [-0.4, -0.2) is 31.4 Å². The van der Waals surface area contributed by atoms with Crippen molar-refractivity contribution in [3.05, 3.63) is 52.2 Å². The van der Waals surface area contributed by atoms with E-state index in [9.17, 15) is 18.4 Å². The molecule has 8 nitrogen and oxygen atoms in total. The molecule has 1 aliphatic carbocycles. The molecule has 11 heteroatoms. The molecule has 156 valence electrons. The normalized spacial score (nSPS) is 17.3. The number of nitrogens with zero attached hydrogens (tertiary/aromatic N) is 4. The maximum Gasteiger partial charge on any atom is 0.267 e. The van der Waals surface area contributed by atoms with Crippen molar-refractivity contribution < 1.29 is 18.4 Å². The third-order valence-corrected chi connectivity index (χ3v) is 5.37. The largest absolute Gasteiger partial charge is 0.364 e. The highest BCUT2D eigenvalue weighted by molar-refractivity contribution is 6.29. The molecule has 3 N–H and O–H groups in total. The number of carbonyl (C=O) groups excluding carboxylic acids is 2. The van der Waals surface area contributed by atoms with E-state index in [4.69, 9.17) is 17.3 Å². The number of rotatable bonds is 4. The highest BCUT2D eigenvalue weighted by atomic mass is 35.5. The molecule has 0 aromatic carbocycles. The van der Waals surface area contributed by atoms with Crippen molar-refractivity contribution >= 4 is 34.7 Å². The summed E-state index contributed by atoms with van der Waals surface area (Å²) in [4.78, 5) is 32.3. The number of pyridine rings is 1. The Morgan fingerprint density at radius 3 is 2.70 bits per heavy atom. The number of nitrogens with one attached hydrogen (secondary N) is 1. The average Bonchev–Trinajstić information content (AvgIpc) is 3.17. The smallest absolute Gasteiger partial charge is 0.267 e. The van der Waals surface area contributed by atoms with Crippen molar-refractivity contribution in [1.29, 1.82) is 0 Å². The number of hydrogen-bond acceptors (Lipinski definition) is 5. The summed E-state index contributed by atoms with van der Waals surface area (Å²) in [6, 6.07) is 2.63. The highest BCUT2D eigenvalue weighted by Gasteiger charge is 2.43. The zero-order valence-electron chi connectivity index (χ0n) is 16.0. The maximum absolute atomic E-state index is 13.3. The SMILES string of the molecule is CC1(C)C[C@H](C(=O)Nc2cnc(C(N)=O)c(C(F)F)c2)c2cnc3cc(Cl)nn3c21. The fourth-order valence-electron chi connectivity index (χ4n) is 3.95. The summed E-state index contributed by atoms with van der Waals surface area (Å²) in [6.07, 6.45) is 0.228. The second-order valence-electron chi connectivity index (χ2n) is 7.76. The zero-order valence-corrected chi connectivity index (χ0v) is 16.7. The predicted octanol–water partition coefficient (Wildman–Crippen LogP) is 3.22. The van der Waals surface area contributed by atoms with Gasteiger partial charge in [-0.3, -0.25) is 9.59 Å². The van der Waals surface area contributed by atoms with Gasteiger partial charge in [0.05, 0.1) is 29.1 Å². The summed E-state index contributed by atoms with van der Waals surface area (Å²) in [5, 5.41) is 7.16. The van der Waals surface area contributed by atoms with Gasteiger partial charge in [-0.1, -0.05) is 25.4 Å². The van der Waals surface area contributed by atoms with Gasteiger partial charge in [0, 0.05) is 23.2 Å². The summed E-state index contributed by atoms with van der Waals surface area (Å²) >= 11 is 6.01. The Morgan fingerprint density at radius 1 is 1.30 bits per heavy atom. The fourth-order valence-corrected chi connectivity index (χ4v) is 4.13. The number of halogens is 3. The zero-order chi connectivity index (χ0) is 21.8. The minimum absolute atomic E-state index is 0.0442. The topological polar surface area (TPSA) is 115 Å². The number of fused-ring (bicyclic) bond motifs is 3. The summed E-state index contributed by atoms with van der Waals surface area (Å²) < 4.78 is 28.2. The molecular formula is C19H17ClF2N6O2. The van der Waals surface area contributed by atoms with Crippen LogP contribution in [0.4, 0.5) is 14.5 Å². The maximum atomic E-state index is 13.3. The minimum Gasteiger partial charge on any atom is -0.364 e. The average molecular weight is 435 g/mol. The van der Waals surface area contributed by atoms with E-state index in [2.05, 4.69) is 20.4 Å². The fraction of sp³-hybridized carbons (Fsp3) is 0.316. The molecule has 3 aromatic rings.